The zero-order chi connectivity index (χ0) is 37.0. The molecule has 0 atom stereocenters. The minimum atomic E-state index is -0.355. The minimum absolute atomic E-state index is 0.317. The Balaban J connectivity index is 1.18. The molecule has 8 rings (SSSR count). The molecule has 0 bridgehead atoms. The first-order valence-electron chi connectivity index (χ1n) is 17.6. The molecular weight excluding hydrogens is 669 g/mol. The Kier molecular flexibility index (Phi) is 9.22. The number of azo groups is 1. The van der Waals surface area contributed by atoms with Crippen molar-refractivity contribution < 1.29 is 9.59 Å². The standard InChI is InChI=1S/C46H34N6O2/c1-29-14-6-8-18-33(29)42-27-37(35-20-10-12-22-39(35)48-42)45(53)47-32-24-25-41(52-51-31-16-4-3-5-17-31)44(26-32)50-46(54)38-28-43(34-19-9-7-15-30(34)2)49-40-23-13-11-21-36(38)40/h3-28H,1-2H3,(H,47,53)(H,50,54). The van der Waals surface area contributed by atoms with E-state index in [4.69, 9.17) is 9.97 Å². The summed E-state index contributed by atoms with van der Waals surface area (Å²) in [7, 11) is 0. The van der Waals surface area contributed by atoms with E-state index in [9.17, 15) is 9.59 Å². The van der Waals surface area contributed by atoms with Crippen LogP contribution in [0, 0.1) is 13.8 Å². The summed E-state index contributed by atoms with van der Waals surface area (Å²) in [4.78, 5) is 38.2. The Morgan fingerprint density at radius 1 is 0.500 bits per heavy atom. The van der Waals surface area contributed by atoms with E-state index < -0.39 is 0 Å². The number of carbonyl (C=O) groups is 2. The summed E-state index contributed by atoms with van der Waals surface area (Å²) in [6.07, 6.45) is 0. The van der Waals surface area contributed by atoms with Gasteiger partial charge in [-0.05, 0) is 79.6 Å². The van der Waals surface area contributed by atoms with Crippen LogP contribution in [0.15, 0.2) is 168 Å². The number of anilines is 2. The van der Waals surface area contributed by atoms with Crippen LogP contribution in [-0.2, 0) is 0 Å². The van der Waals surface area contributed by atoms with Crippen molar-refractivity contribution in [3.63, 3.8) is 0 Å². The number of hydrogen-bond donors (Lipinski definition) is 2. The van der Waals surface area contributed by atoms with Crippen LogP contribution >= 0.6 is 0 Å². The monoisotopic (exact) mass is 702 g/mol. The average Bonchev–Trinajstić information content (AvgIpc) is 3.20. The third-order valence-corrected chi connectivity index (χ3v) is 9.30. The Hall–Kier alpha value is -7.32. The van der Waals surface area contributed by atoms with Crippen LogP contribution in [0.2, 0.25) is 0 Å². The lowest BCUT2D eigenvalue weighted by molar-refractivity contribution is 0.102. The molecule has 2 amide bonds. The van der Waals surface area contributed by atoms with Gasteiger partial charge in [0.05, 0.1) is 44.9 Å². The maximum absolute atomic E-state index is 14.3. The molecule has 2 N–H and O–H groups in total. The van der Waals surface area contributed by atoms with Crippen LogP contribution in [-0.4, -0.2) is 21.8 Å². The van der Waals surface area contributed by atoms with Crippen molar-refractivity contribution in [3.05, 3.63) is 180 Å². The molecule has 0 radical (unpaired) electrons. The molecule has 8 aromatic rings. The SMILES string of the molecule is Cc1ccccc1-c1cc(C(=O)Nc2ccc(N=Nc3ccccc3)c(NC(=O)c3cc(-c4ccccc4C)nc4ccccc34)c2)c2ccccc2n1. The van der Waals surface area contributed by atoms with Crippen molar-refractivity contribution in [3.8, 4) is 22.5 Å². The van der Waals surface area contributed by atoms with Crippen molar-refractivity contribution in [2.24, 2.45) is 10.2 Å². The van der Waals surface area contributed by atoms with Crippen LogP contribution in [0.5, 0.6) is 0 Å². The van der Waals surface area contributed by atoms with Crippen molar-refractivity contribution >= 4 is 56.4 Å². The van der Waals surface area contributed by atoms with Crippen LogP contribution in [0.4, 0.5) is 22.7 Å². The maximum Gasteiger partial charge on any atom is 0.256 e. The molecule has 0 spiro atoms. The van der Waals surface area contributed by atoms with Gasteiger partial charge in [0.15, 0.2) is 0 Å². The minimum Gasteiger partial charge on any atom is -0.322 e. The van der Waals surface area contributed by atoms with Crippen LogP contribution in [0.3, 0.4) is 0 Å². The van der Waals surface area contributed by atoms with E-state index >= 15 is 0 Å². The summed E-state index contributed by atoms with van der Waals surface area (Å²) in [6.45, 7) is 4.05. The van der Waals surface area contributed by atoms with E-state index in [0.29, 0.717) is 61.7 Å². The molecule has 0 fully saturated rings. The van der Waals surface area contributed by atoms with Crippen LogP contribution in [0.25, 0.3) is 44.3 Å². The van der Waals surface area contributed by atoms with Gasteiger partial charge >= 0.3 is 0 Å². The fourth-order valence-corrected chi connectivity index (χ4v) is 6.52. The number of amides is 2. The highest BCUT2D eigenvalue weighted by molar-refractivity contribution is 6.15. The summed E-state index contributed by atoms with van der Waals surface area (Å²) < 4.78 is 0. The molecule has 0 saturated carbocycles. The summed E-state index contributed by atoms with van der Waals surface area (Å²) in [5, 5.41) is 16.5. The average molecular weight is 703 g/mol. The molecule has 8 nitrogen and oxygen atoms in total. The number of nitrogens with zero attached hydrogens (tertiary/aromatic N) is 4. The van der Waals surface area contributed by atoms with Gasteiger partial charge in [0.25, 0.3) is 11.8 Å². The molecule has 54 heavy (non-hydrogen) atoms. The zero-order valence-corrected chi connectivity index (χ0v) is 29.6. The number of rotatable bonds is 8. The lowest BCUT2D eigenvalue weighted by atomic mass is 10.0. The first-order valence-corrected chi connectivity index (χ1v) is 17.6. The highest BCUT2D eigenvalue weighted by Gasteiger charge is 2.19. The van der Waals surface area contributed by atoms with E-state index in [1.54, 1.807) is 18.2 Å². The second kappa shape index (κ2) is 14.7. The normalized spacial score (nSPS) is 11.2. The topological polar surface area (TPSA) is 109 Å². The number of hydrogen-bond acceptors (Lipinski definition) is 6. The third-order valence-electron chi connectivity index (χ3n) is 9.30. The molecule has 2 heterocycles. The van der Waals surface area contributed by atoms with Gasteiger partial charge in [0, 0.05) is 27.6 Å². The van der Waals surface area contributed by atoms with Crippen LogP contribution < -0.4 is 10.6 Å². The molecular formula is C46H34N6O2. The van der Waals surface area contributed by atoms with E-state index in [1.807, 2.05) is 153 Å². The number of pyridine rings is 2. The van der Waals surface area contributed by atoms with Gasteiger partial charge in [0.1, 0.15) is 5.69 Å². The van der Waals surface area contributed by atoms with E-state index in [-0.39, 0.29) is 11.8 Å². The number of aryl methyl sites for hydroxylation is 2. The second-order valence-corrected chi connectivity index (χ2v) is 12.9. The van der Waals surface area contributed by atoms with Gasteiger partial charge in [-0.1, -0.05) is 103 Å². The Labute approximate surface area is 312 Å². The van der Waals surface area contributed by atoms with Gasteiger partial charge in [-0.2, -0.15) is 5.11 Å². The fourth-order valence-electron chi connectivity index (χ4n) is 6.52. The summed E-state index contributed by atoms with van der Waals surface area (Å²) >= 11 is 0. The van der Waals surface area contributed by atoms with Crippen molar-refractivity contribution in [2.75, 3.05) is 10.6 Å². The number of para-hydroxylation sites is 2. The first kappa shape index (κ1) is 33.8. The predicted molar refractivity (Wildman–Crippen MR) is 217 cm³/mol. The summed E-state index contributed by atoms with van der Waals surface area (Å²) in [5.41, 5.74) is 9.63. The molecule has 0 aliphatic carbocycles. The van der Waals surface area contributed by atoms with Gasteiger partial charge < -0.3 is 10.6 Å². The molecule has 0 unspecified atom stereocenters. The molecule has 6 aromatic carbocycles. The fraction of sp³-hybridized carbons (Fsp3) is 0.0435. The molecule has 0 saturated heterocycles. The Bertz CT molecular complexity index is 2740. The molecule has 0 aliphatic heterocycles. The van der Waals surface area contributed by atoms with Gasteiger partial charge in [-0.3, -0.25) is 9.59 Å². The quantitative estimate of drug-likeness (QED) is 0.154. The van der Waals surface area contributed by atoms with Crippen molar-refractivity contribution in [1.82, 2.24) is 9.97 Å². The molecule has 260 valence electrons. The second-order valence-electron chi connectivity index (χ2n) is 12.9. The number of benzene rings is 6. The smallest absolute Gasteiger partial charge is 0.256 e. The highest BCUT2D eigenvalue weighted by Crippen LogP contribution is 2.34. The number of fused-ring (bicyclic) bond motifs is 2. The number of carbonyl (C=O) groups excluding carboxylic acids is 2. The molecule has 2 aromatic heterocycles. The van der Waals surface area contributed by atoms with Gasteiger partial charge in [0.2, 0.25) is 0 Å². The first-order chi connectivity index (χ1) is 26.4. The number of aromatic nitrogens is 2. The summed E-state index contributed by atoms with van der Waals surface area (Å²) in [6, 6.07) is 49.3. The third kappa shape index (κ3) is 6.96. The maximum atomic E-state index is 14.3. The van der Waals surface area contributed by atoms with Gasteiger partial charge in [-0.15, -0.1) is 5.11 Å². The largest absolute Gasteiger partial charge is 0.322 e. The predicted octanol–water partition coefficient (Wildman–Crippen LogP) is 11.7. The lowest BCUT2D eigenvalue weighted by Crippen LogP contribution is -2.15. The van der Waals surface area contributed by atoms with Crippen molar-refractivity contribution in [2.45, 2.75) is 13.8 Å². The number of nitrogens with one attached hydrogen (secondary N) is 2. The zero-order valence-electron chi connectivity index (χ0n) is 29.6. The Morgan fingerprint density at radius 2 is 1.00 bits per heavy atom. The lowest BCUT2D eigenvalue weighted by Gasteiger charge is -2.15. The molecule has 8 heteroatoms. The van der Waals surface area contributed by atoms with Crippen LogP contribution in [0.1, 0.15) is 31.8 Å². The highest BCUT2D eigenvalue weighted by atomic mass is 16.2. The van der Waals surface area contributed by atoms with Gasteiger partial charge in [-0.25, -0.2) is 9.97 Å². The van der Waals surface area contributed by atoms with E-state index in [0.717, 1.165) is 27.6 Å². The molecule has 0 aliphatic rings. The van der Waals surface area contributed by atoms with E-state index in [1.165, 1.54) is 0 Å². The van der Waals surface area contributed by atoms with E-state index in [2.05, 4.69) is 20.9 Å². The Morgan fingerprint density at radius 3 is 1.57 bits per heavy atom. The summed E-state index contributed by atoms with van der Waals surface area (Å²) in [5.74, 6) is -0.673. The van der Waals surface area contributed by atoms with Crippen molar-refractivity contribution in [1.29, 1.82) is 0 Å².